The highest BCUT2D eigenvalue weighted by atomic mass is 16.6. The lowest BCUT2D eigenvalue weighted by molar-refractivity contribution is -0.140. The molecule has 0 saturated carbocycles. The zero-order valence-electron chi connectivity index (χ0n) is 11.2. The highest BCUT2D eigenvalue weighted by Gasteiger charge is 2.61. The van der Waals surface area contributed by atoms with Crippen molar-refractivity contribution in [1.29, 1.82) is 0 Å². The molecule has 0 radical (unpaired) electrons. The van der Waals surface area contributed by atoms with Gasteiger partial charge in [-0.1, -0.05) is 12.7 Å². The lowest BCUT2D eigenvalue weighted by Gasteiger charge is -2.19. The average Bonchev–Trinajstić information content (AvgIpc) is 2.97. The number of fused-ring (bicyclic) bond motifs is 3. The Bertz CT molecular complexity index is 453. The van der Waals surface area contributed by atoms with E-state index in [4.69, 9.17) is 9.47 Å². The lowest BCUT2D eigenvalue weighted by Crippen LogP contribution is -2.29. The minimum Gasteiger partial charge on any atom is -0.455 e. The second-order valence-electron chi connectivity index (χ2n) is 5.95. The molecular formula is C15H20O4. The molecule has 4 nitrogen and oxygen atoms in total. The van der Waals surface area contributed by atoms with Crippen LogP contribution < -0.4 is 0 Å². The van der Waals surface area contributed by atoms with Crippen LogP contribution in [-0.2, 0) is 14.3 Å². The van der Waals surface area contributed by atoms with Gasteiger partial charge in [0.1, 0.15) is 12.2 Å². The average molecular weight is 264 g/mol. The summed E-state index contributed by atoms with van der Waals surface area (Å²) in [6.07, 6.45) is 5.29. The van der Waals surface area contributed by atoms with Crippen LogP contribution >= 0.6 is 0 Å². The van der Waals surface area contributed by atoms with Gasteiger partial charge in [-0.2, -0.15) is 0 Å². The van der Waals surface area contributed by atoms with Gasteiger partial charge >= 0.3 is 5.97 Å². The second kappa shape index (κ2) is 4.46. The van der Waals surface area contributed by atoms with Crippen LogP contribution in [0.2, 0.25) is 0 Å². The van der Waals surface area contributed by atoms with Gasteiger partial charge in [0.2, 0.25) is 0 Å². The number of hydrogen-bond donors (Lipinski definition) is 1. The molecule has 3 rings (SSSR count). The van der Waals surface area contributed by atoms with Crippen LogP contribution in [0.15, 0.2) is 23.8 Å². The molecule has 2 aliphatic heterocycles. The minimum atomic E-state index is -0.290. The molecule has 1 aliphatic carbocycles. The molecule has 0 aromatic heterocycles. The Morgan fingerprint density at radius 1 is 1.58 bits per heavy atom. The van der Waals surface area contributed by atoms with E-state index in [2.05, 4.69) is 19.6 Å². The van der Waals surface area contributed by atoms with Gasteiger partial charge in [0.25, 0.3) is 0 Å². The number of ether oxygens (including phenoxy) is 2. The fourth-order valence-electron chi connectivity index (χ4n) is 3.26. The van der Waals surface area contributed by atoms with Crippen molar-refractivity contribution < 1.29 is 19.4 Å². The highest BCUT2D eigenvalue weighted by Crippen LogP contribution is 2.49. The monoisotopic (exact) mass is 264 g/mol. The topological polar surface area (TPSA) is 59.1 Å². The Balaban J connectivity index is 1.86. The van der Waals surface area contributed by atoms with Crippen molar-refractivity contribution in [3.8, 4) is 0 Å². The van der Waals surface area contributed by atoms with Crippen molar-refractivity contribution in [1.82, 2.24) is 0 Å². The third-order valence-electron chi connectivity index (χ3n) is 4.64. The molecule has 2 saturated heterocycles. The number of esters is 1. The number of epoxide rings is 1. The van der Waals surface area contributed by atoms with Gasteiger partial charge < -0.3 is 14.6 Å². The van der Waals surface area contributed by atoms with Gasteiger partial charge in [-0.05, 0) is 38.2 Å². The zero-order valence-corrected chi connectivity index (χ0v) is 11.2. The third-order valence-corrected chi connectivity index (χ3v) is 4.64. The number of aliphatic hydroxyl groups is 1. The molecule has 19 heavy (non-hydrogen) atoms. The van der Waals surface area contributed by atoms with E-state index in [1.165, 1.54) is 0 Å². The van der Waals surface area contributed by atoms with E-state index in [9.17, 15) is 9.90 Å². The summed E-state index contributed by atoms with van der Waals surface area (Å²) >= 11 is 0. The van der Waals surface area contributed by atoms with Crippen LogP contribution in [0.25, 0.3) is 0 Å². The first-order valence-corrected chi connectivity index (χ1v) is 6.91. The van der Waals surface area contributed by atoms with Crippen molar-refractivity contribution in [2.24, 2.45) is 5.92 Å². The van der Waals surface area contributed by atoms with Crippen LogP contribution in [0.5, 0.6) is 0 Å². The van der Waals surface area contributed by atoms with Crippen LogP contribution in [0, 0.1) is 5.92 Å². The summed E-state index contributed by atoms with van der Waals surface area (Å²) in [7, 11) is 0. The van der Waals surface area contributed by atoms with Gasteiger partial charge in [0.15, 0.2) is 0 Å². The Hall–Kier alpha value is -1.13. The minimum absolute atomic E-state index is 0.00442. The zero-order chi connectivity index (χ0) is 13.6. The molecule has 0 spiro atoms. The molecule has 1 N–H and O–H groups in total. The first kappa shape index (κ1) is 12.9. The summed E-state index contributed by atoms with van der Waals surface area (Å²) in [6.45, 7) is 6.01. The summed E-state index contributed by atoms with van der Waals surface area (Å²) in [4.78, 5) is 11.7. The molecule has 2 heterocycles. The number of carbonyl (C=O) groups excluding carboxylic acids is 1. The molecule has 4 heteroatoms. The van der Waals surface area contributed by atoms with Crippen molar-refractivity contribution in [2.45, 2.75) is 50.4 Å². The molecule has 0 aromatic carbocycles. The molecule has 104 valence electrons. The highest BCUT2D eigenvalue weighted by molar-refractivity contribution is 5.91. The van der Waals surface area contributed by atoms with Gasteiger partial charge in [-0.3, -0.25) is 0 Å². The van der Waals surface area contributed by atoms with E-state index in [0.29, 0.717) is 5.57 Å². The summed E-state index contributed by atoms with van der Waals surface area (Å²) < 4.78 is 11.3. The summed E-state index contributed by atoms with van der Waals surface area (Å²) in [5.74, 6) is -0.269. The Morgan fingerprint density at radius 2 is 2.37 bits per heavy atom. The molecule has 4 atom stereocenters. The van der Waals surface area contributed by atoms with Crippen LogP contribution in [0.3, 0.4) is 0 Å². The smallest absolute Gasteiger partial charge is 0.334 e. The predicted octanol–water partition coefficient (Wildman–Crippen LogP) is 1.73. The maximum atomic E-state index is 11.7. The molecule has 3 aliphatic rings. The van der Waals surface area contributed by atoms with Gasteiger partial charge in [-0.15, -0.1) is 0 Å². The van der Waals surface area contributed by atoms with Crippen LogP contribution in [0.1, 0.15) is 32.6 Å². The molecule has 0 bridgehead atoms. The summed E-state index contributed by atoms with van der Waals surface area (Å²) in [5, 5.41) is 9.35. The molecule has 0 amide bonds. The van der Waals surface area contributed by atoms with Crippen molar-refractivity contribution in [3.63, 3.8) is 0 Å². The summed E-state index contributed by atoms with van der Waals surface area (Å²) in [6, 6.07) is 0. The SMILES string of the molecule is C=C1C(=O)O[C@H]2[C@H]1CC/C(CO)=C\CC[C@@]1(C)O[C@@H]21. The number of carbonyl (C=O) groups is 1. The molecule has 0 aromatic rings. The van der Waals surface area contributed by atoms with E-state index < -0.39 is 0 Å². The number of aliphatic hydroxyl groups excluding tert-OH is 1. The third kappa shape index (κ3) is 2.13. The van der Waals surface area contributed by atoms with E-state index in [1.54, 1.807) is 0 Å². The first-order chi connectivity index (χ1) is 9.05. The number of rotatable bonds is 1. The Labute approximate surface area is 113 Å². The fourth-order valence-corrected chi connectivity index (χ4v) is 3.26. The Kier molecular flexibility index (Phi) is 3.02. The van der Waals surface area contributed by atoms with Gasteiger partial charge in [0, 0.05) is 11.5 Å². The lowest BCUT2D eigenvalue weighted by atomic mass is 9.84. The number of allylic oxidation sites excluding steroid dienone is 1. The number of hydrogen-bond acceptors (Lipinski definition) is 4. The van der Waals surface area contributed by atoms with E-state index >= 15 is 0 Å². The van der Waals surface area contributed by atoms with Crippen molar-refractivity contribution >= 4 is 5.97 Å². The van der Waals surface area contributed by atoms with E-state index in [1.807, 2.05) is 0 Å². The van der Waals surface area contributed by atoms with E-state index in [0.717, 1.165) is 31.3 Å². The maximum Gasteiger partial charge on any atom is 0.334 e. The van der Waals surface area contributed by atoms with Crippen molar-refractivity contribution in [2.75, 3.05) is 6.61 Å². The van der Waals surface area contributed by atoms with Crippen LogP contribution in [-0.4, -0.2) is 35.5 Å². The Morgan fingerprint density at radius 3 is 3.11 bits per heavy atom. The fraction of sp³-hybridized carbons (Fsp3) is 0.667. The van der Waals surface area contributed by atoms with E-state index in [-0.39, 0.29) is 36.3 Å². The quantitative estimate of drug-likeness (QED) is 0.339. The second-order valence-corrected chi connectivity index (χ2v) is 5.95. The normalized spacial score (nSPS) is 44.7. The van der Waals surface area contributed by atoms with Gasteiger partial charge in [0.05, 0.1) is 12.2 Å². The van der Waals surface area contributed by atoms with Gasteiger partial charge in [-0.25, -0.2) is 4.79 Å². The maximum absolute atomic E-state index is 11.7. The molecule has 2 fully saturated rings. The van der Waals surface area contributed by atoms with Crippen LogP contribution in [0.4, 0.5) is 0 Å². The molecule has 0 unspecified atom stereocenters. The standard InChI is InChI=1S/C15H20O4/c1-9-11-6-5-10(8-16)4-3-7-15(2)13(19-15)12(11)18-14(9)17/h4,11-13,16H,1,3,5-8H2,2H3/b10-4+/t11-,12-,13-,15+/m0/s1. The summed E-state index contributed by atoms with van der Waals surface area (Å²) in [5.41, 5.74) is 1.40. The largest absolute Gasteiger partial charge is 0.455 e. The predicted molar refractivity (Wildman–Crippen MR) is 69.4 cm³/mol. The van der Waals surface area contributed by atoms with Crippen molar-refractivity contribution in [3.05, 3.63) is 23.8 Å². The molecular weight excluding hydrogens is 244 g/mol. The first-order valence-electron chi connectivity index (χ1n) is 6.91.